The van der Waals surface area contributed by atoms with Gasteiger partial charge in [0.05, 0.1) is 0 Å². The molecule has 23 heavy (non-hydrogen) atoms. The molecule has 0 bridgehead atoms. The van der Waals surface area contributed by atoms with E-state index in [4.69, 9.17) is 0 Å². The number of nitrogens with one attached hydrogen (secondary N) is 1. The predicted octanol–water partition coefficient (Wildman–Crippen LogP) is -0.434. The number of hydrogen-bond acceptors (Lipinski definition) is 7. The van der Waals surface area contributed by atoms with Crippen LogP contribution in [-0.4, -0.2) is 55.4 Å². The Balaban J connectivity index is 2.15. The highest BCUT2D eigenvalue weighted by Crippen LogP contribution is 2.03. The second-order valence-electron chi connectivity index (χ2n) is 5.32. The van der Waals surface area contributed by atoms with Crippen molar-refractivity contribution in [3.63, 3.8) is 0 Å². The summed E-state index contributed by atoms with van der Waals surface area (Å²) in [4.78, 5) is 30.5. The van der Waals surface area contributed by atoms with Gasteiger partial charge in [0, 0.05) is 20.6 Å². The summed E-state index contributed by atoms with van der Waals surface area (Å²) >= 11 is 0. The highest BCUT2D eigenvalue weighted by atomic mass is 16.2. The number of nitrogens with zero attached hydrogens (tertiary/aromatic N) is 6. The molecule has 1 N–H and O–H groups in total. The van der Waals surface area contributed by atoms with Gasteiger partial charge in [0.15, 0.2) is 11.2 Å². The van der Waals surface area contributed by atoms with Crippen LogP contribution in [0.15, 0.2) is 9.59 Å². The molecule has 126 valence electrons. The molecule has 0 saturated heterocycles. The summed E-state index contributed by atoms with van der Waals surface area (Å²) in [5.41, 5.74) is -0.602. The van der Waals surface area contributed by atoms with Crippen LogP contribution in [0.1, 0.15) is 20.3 Å². The van der Waals surface area contributed by atoms with Crippen molar-refractivity contribution in [2.45, 2.75) is 20.3 Å². The van der Waals surface area contributed by atoms with Gasteiger partial charge in [-0.1, -0.05) is 13.8 Å². The highest BCUT2D eigenvalue weighted by molar-refractivity contribution is 5.68. The van der Waals surface area contributed by atoms with Crippen LogP contribution in [0.2, 0.25) is 0 Å². The first-order chi connectivity index (χ1) is 11.0. The van der Waals surface area contributed by atoms with Crippen LogP contribution < -0.4 is 16.6 Å². The largest absolute Gasteiger partial charge is 0.353 e. The lowest BCUT2D eigenvalue weighted by molar-refractivity contribution is 0.303. The monoisotopic (exact) mass is 321 g/mol. The van der Waals surface area contributed by atoms with E-state index < -0.39 is 11.2 Å². The standard InChI is InChI=1S/C14H23N7O2/c1-5-21(6-2)9-7-8-15-13-16-11-10(17-18-13)12(22)20(4)14(23)19(11)3/h5-9H2,1-4H3,(H,15,16,18). The van der Waals surface area contributed by atoms with Crippen LogP contribution in [-0.2, 0) is 14.1 Å². The first kappa shape index (κ1) is 17.1. The molecule has 0 saturated carbocycles. The lowest BCUT2D eigenvalue weighted by Crippen LogP contribution is -2.38. The summed E-state index contributed by atoms with van der Waals surface area (Å²) < 4.78 is 2.29. The van der Waals surface area contributed by atoms with Gasteiger partial charge in [-0.2, -0.15) is 4.98 Å². The summed E-state index contributed by atoms with van der Waals surface area (Å²) in [5, 5.41) is 10.9. The number of anilines is 1. The van der Waals surface area contributed by atoms with Crippen LogP contribution in [0, 0.1) is 0 Å². The van der Waals surface area contributed by atoms with E-state index in [9.17, 15) is 9.59 Å². The number of fused-ring (bicyclic) bond motifs is 1. The second-order valence-corrected chi connectivity index (χ2v) is 5.32. The second kappa shape index (κ2) is 7.32. The van der Waals surface area contributed by atoms with Crippen molar-refractivity contribution in [2.24, 2.45) is 14.1 Å². The fraction of sp³-hybridized carbons (Fsp3) is 0.643. The topological polar surface area (TPSA) is 97.9 Å². The van der Waals surface area contributed by atoms with Gasteiger partial charge >= 0.3 is 5.69 Å². The van der Waals surface area contributed by atoms with E-state index in [-0.39, 0.29) is 11.2 Å². The third kappa shape index (κ3) is 3.55. The molecule has 0 aliphatic rings. The average Bonchev–Trinajstić information content (AvgIpc) is 2.58. The Morgan fingerprint density at radius 2 is 1.78 bits per heavy atom. The van der Waals surface area contributed by atoms with E-state index >= 15 is 0 Å². The molecular weight excluding hydrogens is 298 g/mol. The minimum absolute atomic E-state index is 0.0864. The van der Waals surface area contributed by atoms with Crippen molar-refractivity contribution < 1.29 is 0 Å². The maximum absolute atomic E-state index is 12.0. The quantitative estimate of drug-likeness (QED) is 0.691. The van der Waals surface area contributed by atoms with Crippen molar-refractivity contribution >= 4 is 17.1 Å². The molecule has 0 spiro atoms. The minimum Gasteiger partial charge on any atom is -0.353 e. The van der Waals surface area contributed by atoms with E-state index in [1.165, 1.54) is 11.6 Å². The first-order valence-corrected chi connectivity index (χ1v) is 7.76. The molecule has 0 aliphatic carbocycles. The van der Waals surface area contributed by atoms with Crippen molar-refractivity contribution in [3.05, 3.63) is 20.8 Å². The van der Waals surface area contributed by atoms with Crippen molar-refractivity contribution in [2.75, 3.05) is 31.5 Å². The maximum Gasteiger partial charge on any atom is 0.332 e. The van der Waals surface area contributed by atoms with Gasteiger partial charge < -0.3 is 10.2 Å². The molecule has 0 fully saturated rings. The summed E-state index contributed by atoms with van der Waals surface area (Å²) in [6, 6.07) is 0. The Morgan fingerprint density at radius 3 is 2.43 bits per heavy atom. The van der Waals surface area contributed by atoms with Crippen molar-refractivity contribution in [3.8, 4) is 0 Å². The van der Waals surface area contributed by atoms with Crippen LogP contribution in [0.4, 0.5) is 5.95 Å². The van der Waals surface area contributed by atoms with Gasteiger partial charge in [-0.05, 0) is 26.1 Å². The molecule has 0 aliphatic heterocycles. The first-order valence-electron chi connectivity index (χ1n) is 7.76. The molecule has 2 rings (SSSR count). The molecule has 0 atom stereocenters. The highest BCUT2D eigenvalue weighted by Gasteiger charge is 2.12. The smallest absolute Gasteiger partial charge is 0.332 e. The van der Waals surface area contributed by atoms with E-state index in [0.717, 1.165) is 30.6 Å². The van der Waals surface area contributed by atoms with Crippen LogP contribution in [0.3, 0.4) is 0 Å². The zero-order chi connectivity index (χ0) is 17.0. The lowest BCUT2D eigenvalue weighted by Gasteiger charge is -2.17. The van der Waals surface area contributed by atoms with Crippen LogP contribution >= 0.6 is 0 Å². The van der Waals surface area contributed by atoms with Gasteiger partial charge in [0.25, 0.3) is 5.56 Å². The molecule has 2 heterocycles. The van der Waals surface area contributed by atoms with Gasteiger partial charge in [-0.3, -0.25) is 13.9 Å². The number of hydrogen-bond donors (Lipinski definition) is 1. The molecule has 9 heteroatoms. The average molecular weight is 321 g/mol. The lowest BCUT2D eigenvalue weighted by atomic mass is 10.3. The Kier molecular flexibility index (Phi) is 5.43. The van der Waals surface area contributed by atoms with E-state index in [0.29, 0.717) is 12.5 Å². The number of rotatable bonds is 7. The summed E-state index contributed by atoms with van der Waals surface area (Å²) in [6.45, 7) is 8.00. The normalized spacial score (nSPS) is 11.3. The van der Waals surface area contributed by atoms with Crippen LogP contribution in [0.25, 0.3) is 11.2 Å². The van der Waals surface area contributed by atoms with Crippen molar-refractivity contribution in [1.29, 1.82) is 0 Å². The number of aromatic nitrogens is 5. The summed E-state index contributed by atoms with van der Waals surface area (Å²) in [5.74, 6) is 0.320. The Bertz CT molecular complexity index is 792. The maximum atomic E-state index is 12.0. The molecule has 0 amide bonds. The Labute approximate surface area is 134 Å². The van der Waals surface area contributed by atoms with Gasteiger partial charge in [0.1, 0.15) is 0 Å². The van der Waals surface area contributed by atoms with E-state index in [2.05, 4.69) is 39.2 Å². The fourth-order valence-electron chi connectivity index (χ4n) is 2.37. The Hall–Kier alpha value is -2.29. The summed E-state index contributed by atoms with van der Waals surface area (Å²) in [6.07, 6.45) is 0.943. The fourth-order valence-corrected chi connectivity index (χ4v) is 2.37. The zero-order valence-corrected chi connectivity index (χ0v) is 14.0. The number of aryl methyl sites for hydroxylation is 1. The van der Waals surface area contributed by atoms with E-state index in [1.807, 2.05) is 0 Å². The molecule has 2 aromatic heterocycles. The molecule has 2 aromatic rings. The van der Waals surface area contributed by atoms with Gasteiger partial charge in [0.2, 0.25) is 5.95 Å². The van der Waals surface area contributed by atoms with Gasteiger partial charge in [-0.15, -0.1) is 10.2 Å². The molecule has 0 unspecified atom stereocenters. The SMILES string of the molecule is CCN(CC)CCCNc1nnc2c(=O)n(C)c(=O)n(C)c2n1. The Morgan fingerprint density at radius 1 is 1.09 bits per heavy atom. The minimum atomic E-state index is -0.490. The third-order valence-electron chi connectivity index (χ3n) is 3.90. The molecular formula is C14H23N7O2. The van der Waals surface area contributed by atoms with Gasteiger partial charge in [-0.25, -0.2) is 4.79 Å². The summed E-state index contributed by atoms with van der Waals surface area (Å²) in [7, 11) is 2.97. The van der Waals surface area contributed by atoms with E-state index in [1.54, 1.807) is 7.05 Å². The van der Waals surface area contributed by atoms with Crippen molar-refractivity contribution in [1.82, 2.24) is 29.2 Å². The molecule has 0 radical (unpaired) electrons. The predicted molar refractivity (Wildman–Crippen MR) is 88.7 cm³/mol. The molecule has 0 aromatic carbocycles. The molecule has 9 nitrogen and oxygen atoms in total. The third-order valence-corrected chi connectivity index (χ3v) is 3.90. The zero-order valence-electron chi connectivity index (χ0n) is 14.0. The van der Waals surface area contributed by atoms with Crippen LogP contribution in [0.5, 0.6) is 0 Å².